The van der Waals surface area contributed by atoms with Crippen LogP contribution in [0, 0.1) is 5.92 Å². The Hall–Kier alpha value is -0.0800. The van der Waals surface area contributed by atoms with E-state index in [1.807, 2.05) is 0 Å². The summed E-state index contributed by atoms with van der Waals surface area (Å²) in [5.41, 5.74) is 0. The molecule has 1 rings (SSSR count). The minimum Gasteiger partial charge on any atom is -0.309 e. The van der Waals surface area contributed by atoms with Crippen molar-refractivity contribution < 1.29 is 4.79 Å². The van der Waals surface area contributed by atoms with Gasteiger partial charge in [0.2, 0.25) is 0 Å². The number of hydrogen-bond donors (Lipinski definition) is 1. The molecule has 0 spiro atoms. The third-order valence-electron chi connectivity index (χ3n) is 1.33. The lowest BCUT2D eigenvalue weighted by Gasteiger charge is -1.96. The molecule has 0 amide bonds. The molecule has 1 aliphatic heterocycles. The quantitative estimate of drug-likeness (QED) is 0.511. The molecule has 1 N–H and O–H groups in total. The Morgan fingerprint density at radius 2 is 2.62 bits per heavy atom. The highest BCUT2D eigenvalue weighted by molar-refractivity contribution is 6.19. The van der Waals surface area contributed by atoms with Gasteiger partial charge in [0.05, 0.1) is 6.54 Å². The molecule has 1 aliphatic rings. The molecule has 0 aromatic heterocycles. The van der Waals surface area contributed by atoms with Crippen molar-refractivity contribution in [1.29, 1.82) is 0 Å². The average Bonchev–Trinajstić information content (AvgIpc) is 2.14. The van der Waals surface area contributed by atoms with E-state index >= 15 is 0 Å². The third kappa shape index (κ3) is 1.01. The van der Waals surface area contributed by atoms with Crippen LogP contribution in [-0.2, 0) is 4.79 Å². The predicted octanol–water partition coefficient (Wildman–Crippen LogP) is 0.0137. The van der Waals surface area contributed by atoms with Crippen molar-refractivity contribution in [1.82, 2.24) is 5.32 Å². The Kier molecular flexibility index (Phi) is 1.86. The van der Waals surface area contributed by atoms with Gasteiger partial charge in [-0.15, -0.1) is 11.6 Å². The molecule has 0 unspecified atom stereocenters. The highest BCUT2D eigenvalue weighted by atomic mass is 35.5. The standard InChI is InChI=1S/C5H8ClNO/c6-1-4-2-7-3-5(4)8/h4,7H,1-3H2/t4-/m0/s1. The molecule has 3 heteroatoms. The molecule has 0 aliphatic carbocycles. The maximum Gasteiger partial charge on any atom is 0.152 e. The smallest absolute Gasteiger partial charge is 0.152 e. The van der Waals surface area contributed by atoms with Crippen LogP contribution < -0.4 is 5.32 Å². The number of carbonyl (C=O) groups excluding carboxylic acids is 1. The minimum atomic E-state index is 0.0802. The first-order chi connectivity index (χ1) is 3.84. The normalized spacial score (nSPS) is 29.1. The van der Waals surface area contributed by atoms with E-state index in [1.165, 1.54) is 0 Å². The van der Waals surface area contributed by atoms with E-state index in [1.54, 1.807) is 0 Å². The van der Waals surface area contributed by atoms with Crippen molar-refractivity contribution in [2.24, 2.45) is 5.92 Å². The van der Waals surface area contributed by atoms with Gasteiger partial charge < -0.3 is 5.32 Å². The number of ketones is 1. The molecule has 0 bridgehead atoms. The molecule has 46 valence electrons. The Balaban J connectivity index is 2.42. The SMILES string of the molecule is O=C1CNC[C@@H]1CCl. The second kappa shape index (κ2) is 2.46. The van der Waals surface area contributed by atoms with Crippen LogP contribution in [0.3, 0.4) is 0 Å². The van der Waals surface area contributed by atoms with Crippen LogP contribution in [0.4, 0.5) is 0 Å². The van der Waals surface area contributed by atoms with Crippen molar-refractivity contribution in [2.75, 3.05) is 19.0 Å². The van der Waals surface area contributed by atoms with E-state index in [4.69, 9.17) is 11.6 Å². The summed E-state index contributed by atoms with van der Waals surface area (Å²) in [4.78, 5) is 10.7. The number of hydrogen-bond acceptors (Lipinski definition) is 2. The second-order valence-electron chi connectivity index (χ2n) is 1.95. The average molecular weight is 134 g/mol. The maximum atomic E-state index is 10.7. The predicted molar refractivity (Wildman–Crippen MR) is 32.1 cm³/mol. The summed E-state index contributed by atoms with van der Waals surface area (Å²) in [6, 6.07) is 0. The number of halogens is 1. The van der Waals surface area contributed by atoms with Crippen LogP contribution in [0.5, 0.6) is 0 Å². The lowest BCUT2D eigenvalue weighted by atomic mass is 10.1. The molecule has 1 atom stereocenters. The Morgan fingerprint density at radius 3 is 2.88 bits per heavy atom. The molecule has 8 heavy (non-hydrogen) atoms. The summed E-state index contributed by atoms with van der Waals surface area (Å²) < 4.78 is 0. The summed E-state index contributed by atoms with van der Waals surface area (Å²) in [6.07, 6.45) is 0. The summed E-state index contributed by atoms with van der Waals surface area (Å²) in [6.45, 7) is 1.28. The van der Waals surface area contributed by atoms with E-state index in [0.29, 0.717) is 12.4 Å². The van der Waals surface area contributed by atoms with E-state index < -0.39 is 0 Å². The van der Waals surface area contributed by atoms with Gasteiger partial charge >= 0.3 is 0 Å². The van der Waals surface area contributed by atoms with E-state index in [0.717, 1.165) is 6.54 Å². The van der Waals surface area contributed by atoms with Gasteiger partial charge in [0.15, 0.2) is 5.78 Å². The summed E-state index contributed by atoms with van der Waals surface area (Å²) in [7, 11) is 0. The van der Waals surface area contributed by atoms with Gasteiger partial charge in [-0.1, -0.05) is 0 Å². The zero-order valence-corrected chi connectivity index (χ0v) is 5.24. The number of nitrogens with one attached hydrogen (secondary N) is 1. The molecular formula is C5H8ClNO. The van der Waals surface area contributed by atoms with Crippen molar-refractivity contribution in [3.63, 3.8) is 0 Å². The Bertz CT molecular complexity index is 105. The van der Waals surface area contributed by atoms with Crippen LogP contribution in [0.2, 0.25) is 0 Å². The zero-order valence-electron chi connectivity index (χ0n) is 4.48. The topological polar surface area (TPSA) is 29.1 Å². The van der Waals surface area contributed by atoms with Crippen molar-refractivity contribution in [3.05, 3.63) is 0 Å². The van der Waals surface area contributed by atoms with Crippen molar-refractivity contribution in [2.45, 2.75) is 0 Å². The van der Waals surface area contributed by atoms with Gasteiger partial charge in [-0.2, -0.15) is 0 Å². The molecule has 0 aromatic rings. The summed E-state index contributed by atoms with van der Waals surface area (Å²) >= 11 is 5.44. The fraction of sp³-hybridized carbons (Fsp3) is 0.800. The molecule has 1 fully saturated rings. The molecule has 2 nitrogen and oxygen atoms in total. The van der Waals surface area contributed by atoms with Gasteiger partial charge in [-0.3, -0.25) is 4.79 Å². The minimum absolute atomic E-state index is 0.0802. The van der Waals surface area contributed by atoms with Gasteiger partial charge in [0, 0.05) is 18.3 Å². The van der Waals surface area contributed by atoms with Crippen LogP contribution >= 0.6 is 11.6 Å². The summed E-state index contributed by atoms with van der Waals surface area (Å²) in [5.74, 6) is 0.794. The fourth-order valence-electron chi connectivity index (χ4n) is 0.768. The maximum absolute atomic E-state index is 10.7. The Morgan fingerprint density at radius 1 is 1.88 bits per heavy atom. The Labute approximate surface area is 53.2 Å². The van der Waals surface area contributed by atoms with Crippen LogP contribution in [-0.4, -0.2) is 24.8 Å². The monoisotopic (exact) mass is 133 g/mol. The largest absolute Gasteiger partial charge is 0.309 e. The van der Waals surface area contributed by atoms with Gasteiger partial charge in [0.1, 0.15) is 0 Å². The molecule has 0 saturated carbocycles. The first-order valence-corrected chi connectivity index (χ1v) is 3.17. The first-order valence-electron chi connectivity index (χ1n) is 2.64. The molecule has 1 saturated heterocycles. The number of carbonyl (C=O) groups is 1. The van der Waals surface area contributed by atoms with Crippen LogP contribution in [0.25, 0.3) is 0 Å². The van der Waals surface area contributed by atoms with Crippen molar-refractivity contribution in [3.8, 4) is 0 Å². The first kappa shape index (κ1) is 6.05. The van der Waals surface area contributed by atoms with Gasteiger partial charge in [-0.25, -0.2) is 0 Å². The molecule has 0 radical (unpaired) electrons. The van der Waals surface area contributed by atoms with E-state index in [-0.39, 0.29) is 11.7 Å². The number of Topliss-reactive ketones (excluding diaryl/α,β-unsaturated/α-hetero) is 1. The summed E-state index contributed by atoms with van der Waals surface area (Å²) in [5, 5.41) is 2.94. The lowest BCUT2D eigenvalue weighted by Crippen LogP contribution is -2.12. The zero-order chi connectivity index (χ0) is 5.98. The van der Waals surface area contributed by atoms with E-state index in [9.17, 15) is 4.79 Å². The molecule has 1 heterocycles. The molecular weight excluding hydrogens is 126 g/mol. The van der Waals surface area contributed by atoms with Crippen LogP contribution in [0.15, 0.2) is 0 Å². The second-order valence-corrected chi connectivity index (χ2v) is 2.26. The third-order valence-corrected chi connectivity index (χ3v) is 1.70. The number of alkyl halides is 1. The number of rotatable bonds is 1. The van der Waals surface area contributed by atoms with Crippen molar-refractivity contribution >= 4 is 17.4 Å². The highest BCUT2D eigenvalue weighted by Gasteiger charge is 2.22. The molecule has 0 aromatic carbocycles. The highest BCUT2D eigenvalue weighted by Crippen LogP contribution is 2.04. The van der Waals surface area contributed by atoms with Crippen LogP contribution in [0.1, 0.15) is 0 Å². The fourth-order valence-corrected chi connectivity index (χ4v) is 1.05. The lowest BCUT2D eigenvalue weighted by molar-refractivity contribution is -0.118. The van der Waals surface area contributed by atoms with Gasteiger partial charge in [0.25, 0.3) is 0 Å². The van der Waals surface area contributed by atoms with E-state index in [2.05, 4.69) is 5.32 Å². The van der Waals surface area contributed by atoms with Gasteiger partial charge in [-0.05, 0) is 0 Å².